The average Bonchev–Trinajstić information content (AvgIpc) is 2.89. The number of ether oxygens (including phenoxy) is 1. The molecule has 23 heavy (non-hydrogen) atoms. The fourth-order valence-corrected chi connectivity index (χ4v) is 3.50. The van der Waals surface area contributed by atoms with Crippen LogP contribution in [-0.2, 0) is 17.0 Å². The predicted octanol–water partition coefficient (Wildman–Crippen LogP) is 5.28. The third kappa shape index (κ3) is 4.01. The number of halogens is 2. The van der Waals surface area contributed by atoms with Crippen molar-refractivity contribution in [2.45, 2.75) is 17.2 Å². The molecule has 0 saturated heterocycles. The minimum Gasteiger partial charge on any atom is -0.383 e. The van der Waals surface area contributed by atoms with Gasteiger partial charge in [-0.3, -0.25) is 0 Å². The molecule has 3 nitrogen and oxygen atoms in total. The van der Waals surface area contributed by atoms with Crippen LogP contribution in [0.3, 0.4) is 0 Å². The predicted molar refractivity (Wildman–Crippen MR) is 97.6 cm³/mol. The van der Waals surface area contributed by atoms with E-state index >= 15 is 0 Å². The van der Waals surface area contributed by atoms with Crippen molar-refractivity contribution < 1.29 is 4.74 Å². The molecule has 3 aromatic rings. The SMILES string of the molecule is COCCn1c(CSc2ccc(Cl)cc2)nc2ccc(Cl)cc21. The van der Waals surface area contributed by atoms with E-state index in [0.717, 1.165) is 39.1 Å². The Morgan fingerprint density at radius 2 is 1.83 bits per heavy atom. The largest absolute Gasteiger partial charge is 0.383 e. The van der Waals surface area contributed by atoms with Gasteiger partial charge in [0.25, 0.3) is 0 Å². The van der Waals surface area contributed by atoms with Gasteiger partial charge in [0, 0.05) is 28.6 Å². The molecule has 1 aromatic heterocycles. The molecule has 2 aromatic carbocycles. The summed E-state index contributed by atoms with van der Waals surface area (Å²) >= 11 is 13.8. The maximum Gasteiger partial charge on any atom is 0.120 e. The van der Waals surface area contributed by atoms with Gasteiger partial charge in [0.1, 0.15) is 5.82 Å². The molecule has 0 radical (unpaired) electrons. The van der Waals surface area contributed by atoms with E-state index in [-0.39, 0.29) is 0 Å². The Bertz CT molecular complexity index is 802. The van der Waals surface area contributed by atoms with Crippen molar-refractivity contribution in [2.75, 3.05) is 13.7 Å². The van der Waals surface area contributed by atoms with Crippen molar-refractivity contribution in [3.8, 4) is 0 Å². The van der Waals surface area contributed by atoms with Crippen LogP contribution in [0.25, 0.3) is 11.0 Å². The van der Waals surface area contributed by atoms with Crippen LogP contribution in [0.5, 0.6) is 0 Å². The smallest absolute Gasteiger partial charge is 0.120 e. The lowest BCUT2D eigenvalue weighted by atomic mass is 10.3. The van der Waals surface area contributed by atoms with E-state index < -0.39 is 0 Å². The number of benzene rings is 2. The molecule has 0 atom stereocenters. The molecule has 0 aliphatic carbocycles. The second-order valence-corrected chi connectivity index (χ2v) is 6.97. The van der Waals surface area contributed by atoms with Gasteiger partial charge in [-0.1, -0.05) is 23.2 Å². The van der Waals surface area contributed by atoms with Gasteiger partial charge in [-0.15, -0.1) is 11.8 Å². The first-order chi connectivity index (χ1) is 11.2. The summed E-state index contributed by atoms with van der Waals surface area (Å²) in [5.41, 5.74) is 2.00. The zero-order valence-electron chi connectivity index (χ0n) is 12.6. The van der Waals surface area contributed by atoms with Gasteiger partial charge < -0.3 is 9.30 Å². The fraction of sp³-hybridized carbons (Fsp3) is 0.235. The van der Waals surface area contributed by atoms with E-state index in [1.54, 1.807) is 18.9 Å². The molecule has 0 spiro atoms. The maximum absolute atomic E-state index is 6.13. The van der Waals surface area contributed by atoms with E-state index in [0.29, 0.717) is 11.6 Å². The first-order valence-corrected chi connectivity index (χ1v) is 8.93. The fourth-order valence-electron chi connectivity index (χ4n) is 2.37. The Labute approximate surface area is 149 Å². The van der Waals surface area contributed by atoms with Crippen molar-refractivity contribution >= 4 is 46.0 Å². The van der Waals surface area contributed by atoms with Gasteiger partial charge in [0.2, 0.25) is 0 Å². The summed E-state index contributed by atoms with van der Waals surface area (Å²) < 4.78 is 7.40. The maximum atomic E-state index is 6.13. The number of hydrogen-bond donors (Lipinski definition) is 0. The van der Waals surface area contributed by atoms with Crippen molar-refractivity contribution in [3.05, 3.63) is 58.3 Å². The molecule has 1 heterocycles. The topological polar surface area (TPSA) is 27.1 Å². The molecule has 0 aliphatic heterocycles. The van der Waals surface area contributed by atoms with E-state index in [1.165, 1.54) is 0 Å². The average molecular weight is 367 g/mol. The van der Waals surface area contributed by atoms with Crippen molar-refractivity contribution in [2.24, 2.45) is 0 Å². The van der Waals surface area contributed by atoms with Crippen LogP contribution >= 0.6 is 35.0 Å². The number of imidazole rings is 1. The molecule has 0 fully saturated rings. The second-order valence-electron chi connectivity index (χ2n) is 5.05. The highest BCUT2D eigenvalue weighted by molar-refractivity contribution is 7.98. The summed E-state index contributed by atoms with van der Waals surface area (Å²) in [4.78, 5) is 5.91. The minimum atomic E-state index is 0.636. The third-order valence-corrected chi connectivity index (χ3v) is 4.99. The van der Waals surface area contributed by atoms with Gasteiger partial charge >= 0.3 is 0 Å². The number of methoxy groups -OCH3 is 1. The molecule has 0 unspecified atom stereocenters. The number of rotatable bonds is 6. The lowest BCUT2D eigenvalue weighted by molar-refractivity contribution is 0.187. The van der Waals surface area contributed by atoms with Crippen molar-refractivity contribution in [1.29, 1.82) is 0 Å². The van der Waals surface area contributed by atoms with Crippen molar-refractivity contribution in [1.82, 2.24) is 9.55 Å². The van der Waals surface area contributed by atoms with Crippen LogP contribution < -0.4 is 0 Å². The number of nitrogens with zero attached hydrogens (tertiary/aromatic N) is 2. The molecular formula is C17H16Cl2N2OS. The highest BCUT2D eigenvalue weighted by Gasteiger charge is 2.11. The Morgan fingerprint density at radius 3 is 2.57 bits per heavy atom. The zero-order valence-corrected chi connectivity index (χ0v) is 15.0. The van der Waals surface area contributed by atoms with Crippen LogP contribution in [0.15, 0.2) is 47.4 Å². The standard InChI is InChI=1S/C17H16Cl2N2OS/c1-22-9-8-21-16-10-13(19)4-7-15(16)20-17(21)11-23-14-5-2-12(18)3-6-14/h2-7,10H,8-9,11H2,1H3. The second kappa shape index (κ2) is 7.58. The van der Waals surface area contributed by atoms with E-state index in [1.807, 2.05) is 42.5 Å². The Balaban J connectivity index is 1.87. The first-order valence-electron chi connectivity index (χ1n) is 7.19. The van der Waals surface area contributed by atoms with Crippen LogP contribution in [0, 0.1) is 0 Å². The lowest BCUT2D eigenvalue weighted by Crippen LogP contribution is -2.07. The highest BCUT2D eigenvalue weighted by atomic mass is 35.5. The van der Waals surface area contributed by atoms with Crippen LogP contribution in [0.1, 0.15) is 5.82 Å². The molecular weight excluding hydrogens is 351 g/mol. The monoisotopic (exact) mass is 366 g/mol. The summed E-state index contributed by atoms with van der Waals surface area (Å²) in [6, 6.07) is 13.6. The molecule has 6 heteroatoms. The van der Waals surface area contributed by atoms with Gasteiger partial charge in [0.15, 0.2) is 0 Å². The van der Waals surface area contributed by atoms with Crippen LogP contribution in [0.4, 0.5) is 0 Å². The van der Waals surface area contributed by atoms with Crippen LogP contribution in [0.2, 0.25) is 10.0 Å². The molecule has 0 aliphatic rings. The first kappa shape index (κ1) is 16.7. The summed E-state index contributed by atoms with van der Waals surface area (Å²) in [6.07, 6.45) is 0. The normalized spacial score (nSPS) is 11.3. The van der Waals surface area contributed by atoms with E-state index in [2.05, 4.69) is 4.57 Å². The summed E-state index contributed by atoms with van der Waals surface area (Å²) in [7, 11) is 1.70. The van der Waals surface area contributed by atoms with Gasteiger partial charge in [-0.2, -0.15) is 0 Å². The van der Waals surface area contributed by atoms with Gasteiger partial charge in [-0.25, -0.2) is 4.98 Å². The summed E-state index contributed by atoms with van der Waals surface area (Å²) in [5.74, 6) is 1.79. The Morgan fingerprint density at radius 1 is 1.09 bits per heavy atom. The van der Waals surface area contributed by atoms with Crippen molar-refractivity contribution in [3.63, 3.8) is 0 Å². The molecule has 0 bridgehead atoms. The number of hydrogen-bond acceptors (Lipinski definition) is 3. The highest BCUT2D eigenvalue weighted by Crippen LogP contribution is 2.27. The van der Waals surface area contributed by atoms with Gasteiger partial charge in [0.05, 0.1) is 23.4 Å². The number of thioether (sulfide) groups is 1. The van der Waals surface area contributed by atoms with Crippen LogP contribution in [-0.4, -0.2) is 23.3 Å². The molecule has 0 N–H and O–H groups in total. The number of fused-ring (bicyclic) bond motifs is 1. The summed E-state index contributed by atoms with van der Waals surface area (Å²) in [6.45, 7) is 1.39. The van der Waals surface area contributed by atoms with E-state index in [4.69, 9.17) is 32.9 Å². The third-order valence-electron chi connectivity index (χ3n) is 3.49. The van der Waals surface area contributed by atoms with E-state index in [9.17, 15) is 0 Å². The Hall–Kier alpha value is -1.20. The zero-order chi connectivity index (χ0) is 16.2. The summed E-state index contributed by atoms with van der Waals surface area (Å²) in [5, 5.41) is 1.46. The quantitative estimate of drug-likeness (QED) is 0.555. The molecule has 3 rings (SSSR count). The minimum absolute atomic E-state index is 0.636. The van der Waals surface area contributed by atoms with Gasteiger partial charge in [-0.05, 0) is 42.5 Å². The molecule has 0 saturated carbocycles. The number of aromatic nitrogens is 2. The Kier molecular flexibility index (Phi) is 5.49. The molecule has 0 amide bonds. The lowest BCUT2D eigenvalue weighted by Gasteiger charge is -2.09. The molecule has 120 valence electrons.